The van der Waals surface area contributed by atoms with Crippen molar-refractivity contribution in [3.8, 4) is 5.82 Å². The van der Waals surface area contributed by atoms with Crippen molar-refractivity contribution in [2.45, 2.75) is 44.3 Å². The van der Waals surface area contributed by atoms with Gasteiger partial charge in [0.15, 0.2) is 16.7 Å². The number of rotatable bonds is 7. The van der Waals surface area contributed by atoms with Crippen molar-refractivity contribution in [2.75, 3.05) is 12.3 Å². The van der Waals surface area contributed by atoms with E-state index >= 15 is 0 Å². The third-order valence-corrected chi connectivity index (χ3v) is 6.94. The third-order valence-electron chi connectivity index (χ3n) is 6.01. The Bertz CT molecular complexity index is 1330. The van der Waals surface area contributed by atoms with Gasteiger partial charge in [-0.15, -0.1) is 10.2 Å². The second-order valence-corrected chi connectivity index (χ2v) is 9.25. The number of furan rings is 1. The van der Waals surface area contributed by atoms with E-state index in [4.69, 9.17) is 4.42 Å². The Kier molecular flexibility index (Phi) is 6.44. The number of thioether (sulfide) groups is 1. The third kappa shape index (κ3) is 4.48. The molecule has 8 nitrogen and oxygen atoms in total. The molecule has 0 spiro atoms. The van der Waals surface area contributed by atoms with Crippen LogP contribution in [0, 0.1) is 6.92 Å². The molecular weight excluding hydrogens is 450 g/mol. The normalized spacial score (nSPS) is 14.5. The predicted molar refractivity (Wildman–Crippen MR) is 129 cm³/mol. The summed E-state index contributed by atoms with van der Waals surface area (Å²) in [5, 5.41) is 10.2. The molecule has 174 valence electrons. The maximum absolute atomic E-state index is 13.0. The predicted octanol–water partition coefficient (Wildman–Crippen LogP) is 4.59. The van der Waals surface area contributed by atoms with Gasteiger partial charge in [-0.25, -0.2) is 4.98 Å². The second kappa shape index (κ2) is 9.80. The summed E-state index contributed by atoms with van der Waals surface area (Å²) in [5.41, 5.74) is 1.54. The largest absolute Gasteiger partial charge is 0.453 e. The Labute approximate surface area is 201 Å². The number of hydrogen-bond acceptors (Lipinski definition) is 7. The Morgan fingerprint density at radius 1 is 1.09 bits per heavy atom. The zero-order valence-corrected chi connectivity index (χ0v) is 19.8. The number of nitrogens with zero attached hydrogens (tertiary/aromatic N) is 5. The SMILES string of the molecule is Cc1c(C(=O)CSc2nnc(CN3CCCCCC3=O)n2-c2ccccn2)oc2ccccc12. The van der Waals surface area contributed by atoms with Crippen LogP contribution in [0.5, 0.6) is 0 Å². The number of aryl methyl sites for hydroxylation is 1. The molecule has 1 aromatic carbocycles. The summed E-state index contributed by atoms with van der Waals surface area (Å²) >= 11 is 1.29. The fraction of sp³-hybridized carbons (Fsp3) is 0.320. The number of fused-ring (bicyclic) bond motifs is 1. The Hall–Kier alpha value is -3.46. The minimum atomic E-state index is -0.112. The van der Waals surface area contributed by atoms with Gasteiger partial charge in [-0.3, -0.25) is 14.2 Å². The van der Waals surface area contributed by atoms with Gasteiger partial charge >= 0.3 is 0 Å². The monoisotopic (exact) mass is 475 g/mol. The van der Waals surface area contributed by atoms with Gasteiger partial charge < -0.3 is 9.32 Å². The summed E-state index contributed by atoms with van der Waals surface area (Å²) in [6.45, 7) is 2.97. The molecule has 1 fully saturated rings. The van der Waals surface area contributed by atoms with Crippen LogP contribution in [0.1, 0.15) is 47.6 Å². The van der Waals surface area contributed by atoms with Crippen LogP contribution < -0.4 is 0 Å². The smallest absolute Gasteiger partial charge is 0.222 e. The summed E-state index contributed by atoms with van der Waals surface area (Å²) < 4.78 is 7.67. The molecule has 9 heteroatoms. The number of ketones is 1. The lowest BCUT2D eigenvalue weighted by Gasteiger charge is -2.20. The number of Topliss-reactive ketones (excluding diaryl/α,β-unsaturated/α-hetero) is 1. The molecular formula is C25H25N5O3S. The number of likely N-dealkylation sites (tertiary alicyclic amines) is 1. The Balaban J connectivity index is 1.40. The van der Waals surface area contributed by atoms with Crippen molar-refractivity contribution in [2.24, 2.45) is 0 Å². The van der Waals surface area contributed by atoms with Crippen molar-refractivity contribution in [3.63, 3.8) is 0 Å². The minimum absolute atomic E-state index is 0.112. The van der Waals surface area contributed by atoms with E-state index < -0.39 is 0 Å². The standard InChI is InChI=1S/C25H25N5O3S/c1-17-18-9-4-5-10-20(18)33-24(17)19(31)16-34-25-28-27-22(30(25)21-11-6-7-13-26-21)15-29-14-8-2-3-12-23(29)32/h4-7,9-11,13H,2-3,8,12,14-16H2,1H3. The average molecular weight is 476 g/mol. The van der Waals surface area contributed by atoms with Crippen molar-refractivity contribution in [3.05, 3.63) is 65.8 Å². The highest BCUT2D eigenvalue weighted by Crippen LogP contribution is 2.28. The number of aromatic nitrogens is 4. The van der Waals surface area contributed by atoms with Crippen molar-refractivity contribution >= 4 is 34.4 Å². The van der Waals surface area contributed by atoms with Crippen LogP contribution >= 0.6 is 11.8 Å². The van der Waals surface area contributed by atoms with Gasteiger partial charge in [0, 0.05) is 30.1 Å². The fourth-order valence-electron chi connectivity index (χ4n) is 4.22. The first kappa shape index (κ1) is 22.3. The summed E-state index contributed by atoms with van der Waals surface area (Å²) in [6.07, 6.45) is 5.22. The number of benzene rings is 1. The lowest BCUT2D eigenvalue weighted by molar-refractivity contribution is -0.131. The topological polar surface area (TPSA) is 94.1 Å². The molecule has 4 heterocycles. The van der Waals surface area contributed by atoms with Gasteiger partial charge in [-0.2, -0.15) is 0 Å². The van der Waals surface area contributed by atoms with Gasteiger partial charge in [0.2, 0.25) is 11.7 Å². The van der Waals surface area contributed by atoms with E-state index in [1.165, 1.54) is 11.8 Å². The first-order valence-corrected chi connectivity index (χ1v) is 12.4. The van der Waals surface area contributed by atoms with Crippen LogP contribution in [0.15, 0.2) is 58.2 Å². The molecule has 0 N–H and O–H groups in total. The van der Waals surface area contributed by atoms with Gasteiger partial charge in [-0.1, -0.05) is 42.4 Å². The molecule has 0 unspecified atom stereocenters. The van der Waals surface area contributed by atoms with Crippen LogP contribution in [-0.4, -0.2) is 48.6 Å². The van der Waals surface area contributed by atoms with E-state index in [0.29, 0.717) is 47.7 Å². The molecule has 0 atom stereocenters. The summed E-state index contributed by atoms with van der Waals surface area (Å²) in [7, 11) is 0. The molecule has 5 rings (SSSR count). The summed E-state index contributed by atoms with van der Waals surface area (Å²) in [5.74, 6) is 1.82. The zero-order chi connectivity index (χ0) is 23.5. The van der Waals surface area contributed by atoms with Crippen molar-refractivity contribution < 1.29 is 14.0 Å². The highest BCUT2D eigenvalue weighted by molar-refractivity contribution is 7.99. The lowest BCUT2D eigenvalue weighted by atomic mass is 10.1. The molecule has 4 aromatic rings. The number of amides is 1. The first-order valence-electron chi connectivity index (χ1n) is 11.4. The molecule has 1 aliphatic rings. The molecule has 0 bridgehead atoms. The van der Waals surface area contributed by atoms with E-state index in [1.807, 2.05) is 58.9 Å². The molecule has 0 radical (unpaired) electrons. The van der Waals surface area contributed by atoms with Crippen molar-refractivity contribution in [1.82, 2.24) is 24.6 Å². The number of pyridine rings is 1. The highest BCUT2D eigenvalue weighted by atomic mass is 32.2. The van der Waals surface area contributed by atoms with Gasteiger partial charge in [0.1, 0.15) is 11.4 Å². The van der Waals surface area contributed by atoms with Crippen LogP contribution in [0.25, 0.3) is 16.8 Å². The van der Waals surface area contributed by atoms with E-state index in [2.05, 4.69) is 15.2 Å². The number of carbonyl (C=O) groups excluding carboxylic acids is 2. The van der Waals surface area contributed by atoms with Crippen molar-refractivity contribution in [1.29, 1.82) is 0 Å². The molecule has 0 aliphatic carbocycles. The fourth-order valence-corrected chi connectivity index (χ4v) is 5.04. The van der Waals surface area contributed by atoms with E-state index in [1.54, 1.807) is 6.20 Å². The number of carbonyl (C=O) groups is 2. The van der Waals surface area contributed by atoms with Crippen LogP contribution in [0.2, 0.25) is 0 Å². The van der Waals surface area contributed by atoms with E-state index in [9.17, 15) is 9.59 Å². The minimum Gasteiger partial charge on any atom is -0.453 e. The second-order valence-electron chi connectivity index (χ2n) is 8.31. The molecule has 1 aliphatic heterocycles. The number of hydrogen-bond donors (Lipinski definition) is 0. The van der Waals surface area contributed by atoms with Crippen LogP contribution in [-0.2, 0) is 11.3 Å². The molecule has 0 saturated carbocycles. The quantitative estimate of drug-likeness (QED) is 0.285. The lowest BCUT2D eigenvalue weighted by Crippen LogP contribution is -2.31. The van der Waals surface area contributed by atoms with E-state index in [0.717, 1.165) is 30.2 Å². The maximum atomic E-state index is 13.0. The van der Waals surface area contributed by atoms with Crippen LogP contribution in [0.4, 0.5) is 0 Å². The molecule has 1 amide bonds. The average Bonchev–Trinajstić information content (AvgIpc) is 3.35. The highest BCUT2D eigenvalue weighted by Gasteiger charge is 2.24. The summed E-state index contributed by atoms with van der Waals surface area (Å²) in [6, 6.07) is 13.2. The molecule has 3 aromatic heterocycles. The van der Waals surface area contributed by atoms with E-state index in [-0.39, 0.29) is 17.4 Å². The zero-order valence-electron chi connectivity index (χ0n) is 18.9. The molecule has 34 heavy (non-hydrogen) atoms. The Morgan fingerprint density at radius 3 is 2.76 bits per heavy atom. The van der Waals surface area contributed by atoms with Gasteiger partial charge in [0.25, 0.3) is 0 Å². The molecule has 1 saturated heterocycles. The first-order chi connectivity index (χ1) is 16.6. The summed E-state index contributed by atoms with van der Waals surface area (Å²) in [4.78, 5) is 31.9. The van der Waals surface area contributed by atoms with Gasteiger partial charge in [-0.05, 0) is 38.0 Å². The Morgan fingerprint density at radius 2 is 1.94 bits per heavy atom. The van der Waals surface area contributed by atoms with Crippen LogP contribution in [0.3, 0.4) is 0 Å². The van der Waals surface area contributed by atoms with Gasteiger partial charge in [0.05, 0.1) is 12.3 Å². The maximum Gasteiger partial charge on any atom is 0.222 e. The number of para-hydroxylation sites is 1.